The minimum atomic E-state index is -0.722. The molecule has 1 fully saturated rings. The van der Waals surface area contributed by atoms with Gasteiger partial charge >= 0.3 is 0 Å². The molecule has 0 saturated carbocycles. The summed E-state index contributed by atoms with van der Waals surface area (Å²) in [6.45, 7) is 1.87. The number of pyridine rings is 1. The first-order chi connectivity index (χ1) is 9.38. The molecule has 8 heteroatoms. The molecule has 1 aliphatic rings. The Hall–Kier alpha value is -0.850. The summed E-state index contributed by atoms with van der Waals surface area (Å²) in [5, 5.41) is -0.327. The standard InChI is InChI=1S/C12H11Cl2FN2O2S/c1-6(18)20-5-7-2-10(19)17(4-7)9-3-8(15)11(13)16-12(9)14/h3,7H,2,4-5H2,1H3. The highest BCUT2D eigenvalue weighted by molar-refractivity contribution is 8.13. The molecule has 0 aromatic carbocycles. The number of carbonyl (C=O) groups is 2. The molecule has 0 aliphatic carbocycles. The van der Waals surface area contributed by atoms with E-state index in [4.69, 9.17) is 23.2 Å². The van der Waals surface area contributed by atoms with E-state index in [1.54, 1.807) is 0 Å². The van der Waals surface area contributed by atoms with Gasteiger partial charge in [-0.1, -0.05) is 35.0 Å². The van der Waals surface area contributed by atoms with E-state index in [9.17, 15) is 14.0 Å². The lowest BCUT2D eigenvalue weighted by molar-refractivity contribution is -0.117. The van der Waals surface area contributed by atoms with Crippen molar-refractivity contribution >= 4 is 51.7 Å². The Morgan fingerprint density at radius 3 is 2.90 bits per heavy atom. The van der Waals surface area contributed by atoms with Crippen LogP contribution in [-0.4, -0.2) is 28.3 Å². The zero-order valence-electron chi connectivity index (χ0n) is 10.5. The average Bonchev–Trinajstić information content (AvgIpc) is 2.72. The molecule has 1 aliphatic heterocycles. The highest BCUT2D eigenvalue weighted by Crippen LogP contribution is 2.33. The Balaban J connectivity index is 2.16. The van der Waals surface area contributed by atoms with Crippen LogP contribution in [0.2, 0.25) is 10.3 Å². The quantitative estimate of drug-likeness (QED) is 0.795. The van der Waals surface area contributed by atoms with Crippen LogP contribution >= 0.6 is 35.0 Å². The Morgan fingerprint density at radius 2 is 2.25 bits per heavy atom. The molecule has 0 N–H and O–H groups in total. The van der Waals surface area contributed by atoms with Crippen molar-refractivity contribution in [3.05, 3.63) is 22.2 Å². The average molecular weight is 337 g/mol. The minimum Gasteiger partial charge on any atom is -0.309 e. The summed E-state index contributed by atoms with van der Waals surface area (Å²) in [4.78, 5) is 28.0. The van der Waals surface area contributed by atoms with Gasteiger partial charge < -0.3 is 4.90 Å². The maximum Gasteiger partial charge on any atom is 0.227 e. The van der Waals surface area contributed by atoms with Gasteiger partial charge in [0, 0.05) is 31.7 Å². The summed E-state index contributed by atoms with van der Waals surface area (Å²) >= 11 is 12.6. The van der Waals surface area contributed by atoms with E-state index >= 15 is 0 Å². The summed E-state index contributed by atoms with van der Waals surface area (Å²) in [5.74, 6) is -0.296. The molecule has 0 spiro atoms. The van der Waals surface area contributed by atoms with Crippen LogP contribution in [0.4, 0.5) is 10.1 Å². The number of carbonyl (C=O) groups excluding carboxylic acids is 2. The lowest BCUT2D eigenvalue weighted by Crippen LogP contribution is -2.25. The summed E-state index contributed by atoms with van der Waals surface area (Å²) in [7, 11) is 0. The third kappa shape index (κ3) is 3.42. The number of thioether (sulfide) groups is 1. The first-order valence-electron chi connectivity index (χ1n) is 5.83. The fourth-order valence-corrected chi connectivity index (χ4v) is 3.10. The molecular formula is C12H11Cl2FN2O2S. The number of aromatic nitrogens is 1. The van der Waals surface area contributed by atoms with Crippen LogP contribution in [0.3, 0.4) is 0 Å². The molecule has 0 bridgehead atoms. The van der Waals surface area contributed by atoms with Crippen molar-refractivity contribution in [1.82, 2.24) is 4.98 Å². The second-order valence-corrected chi connectivity index (χ2v) is 6.36. The first kappa shape index (κ1) is 15.5. The van der Waals surface area contributed by atoms with E-state index in [-0.39, 0.29) is 32.9 Å². The summed E-state index contributed by atoms with van der Waals surface area (Å²) < 4.78 is 13.5. The van der Waals surface area contributed by atoms with Gasteiger partial charge in [-0.2, -0.15) is 0 Å². The van der Waals surface area contributed by atoms with Gasteiger partial charge in [0.2, 0.25) is 5.91 Å². The van der Waals surface area contributed by atoms with Gasteiger partial charge in [-0.25, -0.2) is 9.37 Å². The number of nitrogens with zero attached hydrogens (tertiary/aromatic N) is 2. The molecule has 0 radical (unpaired) electrons. The molecule has 108 valence electrons. The molecular weight excluding hydrogens is 326 g/mol. The first-order valence-corrected chi connectivity index (χ1v) is 7.58. The third-order valence-corrected chi connectivity index (χ3v) is 4.47. The fraction of sp³-hybridized carbons (Fsp3) is 0.417. The molecule has 1 saturated heterocycles. The molecule has 2 rings (SSSR count). The van der Waals surface area contributed by atoms with Crippen LogP contribution in [0.25, 0.3) is 0 Å². The summed E-state index contributed by atoms with van der Waals surface area (Å²) in [5.41, 5.74) is 0.217. The maximum absolute atomic E-state index is 13.5. The second kappa shape index (κ2) is 6.28. The number of hydrogen-bond acceptors (Lipinski definition) is 4. The van der Waals surface area contributed by atoms with E-state index in [1.165, 1.54) is 23.6 Å². The number of anilines is 1. The predicted octanol–water partition coefficient (Wildman–Crippen LogP) is 3.16. The number of hydrogen-bond donors (Lipinski definition) is 0. The SMILES string of the molecule is CC(=O)SCC1CC(=O)N(c2cc(F)c(Cl)nc2Cl)C1. The smallest absolute Gasteiger partial charge is 0.227 e. The minimum absolute atomic E-state index is 0.00753. The van der Waals surface area contributed by atoms with Crippen molar-refractivity contribution in [3.8, 4) is 0 Å². The van der Waals surface area contributed by atoms with Crippen molar-refractivity contribution in [1.29, 1.82) is 0 Å². The molecule has 1 unspecified atom stereocenters. The van der Waals surface area contributed by atoms with Crippen LogP contribution in [-0.2, 0) is 9.59 Å². The molecule has 1 atom stereocenters. The maximum atomic E-state index is 13.5. The van der Waals surface area contributed by atoms with E-state index in [1.807, 2.05) is 0 Å². The van der Waals surface area contributed by atoms with Crippen molar-refractivity contribution in [2.24, 2.45) is 5.92 Å². The third-order valence-electron chi connectivity index (χ3n) is 2.89. The Kier molecular flexibility index (Phi) is 4.88. The zero-order chi connectivity index (χ0) is 14.9. The largest absolute Gasteiger partial charge is 0.309 e. The monoisotopic (exact) mass is 336 g/mol. The number of rotatable bonds is 3. The van der Waals surface area contributed by atoms with Crippen molar-refractivity contribution < 1.29 is 14.0 Å². The van der Waals surface area contributed by atoms with Crippen LogP contribution in [0.15, 0.2) is 6.07 Å². The van der Waals surface area contributed by atoms with Gasteiger partial charge in [0.15, 0.2) is 21.2 Å². The number of halogens is 3. The van der Waals surface area contributed by atoms with Crippen molar-refractivity contribution in [3.63, 3.8) is 0 Å². The highest BCUT2D eigenvalue weighted by atomic mass is 35.5. The summed E-state index contributed by atoms with van der Waals surface area (Å²) in [6, 6.07) is 1.11. The van der Waals surface area contributed by atoms with Gasteiger partial charge in [0.25, 0.3) is 0 Å². The molecule has 4 nitrogen and oxygen atoms in total. The Bertz CT molecular complexity index is 571. The van der Waals surface area contributed by atoms with E-state index < -0.39 is 5.82 Å². The fourth-order valence-electron chi connectivity index (χ4n) is 1.99. The van der Waals surface area contributed by atoms with Crippen LogP contribution in [0, 0.1) is 11.7 Å². The van der Waals surface area contributed by atoms with E-state index in [0.29, 0.717) is 18.7 Å². The lowest BCUT2D eigenvalue weighted by atomic mass is 10.1. The van der Waals surface area contributed by atoms with Crippen LogP contribution in [0.1, 0.15) is 13.3 Å². The predicted molar refractivity (Wildman–Crippen MR) is 77.8 cm³/mol. The van der Waals surface area contributed by atoms with E-state index in [0.717, 1.165) is 6.07 Å². The molecule has 20 heavy (non-hydrogen) atoms. The van der Waals surface area contributed by atoms with Gasteiger partial charge in [0.05, 0.1) is 5.69 Å². The van der Waals surface area contributed by atoms with Crippen molar-refractivity contribution in [2.75, 3.05) is 17.2 Å². The van der Waals surface area contributed by atoms with Gasteiger partial charge in [-0.05, 0) is 5.92 Å². The van der Waals surface area contributed by atoms with E-state index in [2.05, 4.69) is 4.98 Å². The second-order valence-electron chi connectivity index (χ2n) is 4.45. The normalized spacial score (nSPS) is 18.7. The van der Waals surface area contributed by atoms with Crippen LogP contribution in [0.5, 0.6) is 0 Å². The molecule has 1 aromatic rings. The highest BCUT2D eigenvalue weighted by Gasteiger charge is 2.32. The van der Waals surface area contributed by atoms with Gasteiger partial charge in [-0.3, -0.25) is 9.59 Å². The molecule has 1 aromatic heterocycles. The Labute approximate surface area is 129 Å². The van der Waals surface area contributed by atoms with Gasteiger partial charge in [-0.15, -0.1) is 0 Å². The zero-order valence-corrected chi connectivity index (χ0v) is 12.9. The summed E-state index contributed by atoms with van der Waals surface area (Å²) in [6.07, 6.45) is 0.306. The van der Waals surface area contributed by atoms with Gasteiger partial charge in [0.1, 0.15) is 0 Å². The topological polar surface area (TPSA) is 50.3 Å². The van der Waals surface area contributed by atoms with Crippen LogP contribution < -0.4 is 4.90 Å². The molecule has 1 amide bonds. The van der Waals surface area contributed by atoms with Crippen molar-refractivity contribution in [2.45, 2.75) is 13.3 Å². The number of amides is 1. The molecule has 2 heterocycles. The Morgan fingerprint density at radius 1 is 1.55 bits per heavy atom. The lowest BCUT2D eigenvalue weighted by Gasteiger charge is -2.17.